The van der Waals surface area contributed by atoms with Crippen LogP contribution in [0.5, 0.6) is 0 Å². The summed E-state index contributed by atoms with van der Waals surface area (Å²) < 4.78 is 18.3. The van der Waals surface area contributed by atoms with E-state index in [9.17, 15) is 14.0 Å². The summed E-state index contributed by atoms with van der Waals surface area (Å²) in [6, 6.07) is 12.4. The molecule has 0 aliphatic heterocycles. The Hall–Kier alpha value is -3.48. The van der Waals surface area contributed by atoms with Gasteiger partial charge >= 0.3 is 0 Å². The van der Waals surface area contributed by atoms with Gasteiger partial charge in [0.1, 0.15) is 22.8 Å². The van der Waals surface area contributed by atoms with E-state index in [4.69, 9.17) is 10.3 Å². The predicted molar refractivity (Wildman–Crippen MR) is 93.9 cm³/mol. The molecule has 3 N–H and O–H groups in total. The molecule has 0 aliphatic rings. The Bertz CT molecular complexity index is 947. The number of hydrogen-bond donors (Lipinski definition) is 2. The van der Waals surface area contributed by atoms with Gasteiger partial charge in [-0.15, -0.1) is 0 Å². The van der Waals surface area contributed by atoms with E-state index in [-0.39, 0.29) is 17.8 Å². The molecule has 7 heteroatoms. The van der Waals surface area contributed by atoms with E-state index >= 15 is 0 Å². The summed E-state index contributed by atoms with van der Waals surface area (Å²) in [7, 11) is 0. The zero-order valence-electron chi connectivity index (χ0n) is 14.0. The maximum atomic E-state index is 13.1. The molecule has 6 nitrogen and oxygen atoms in total. The number of carbonyl (C=O) groups is 2. The van der Waals surface area contributed by atoms with Crippen LogP contribution in [0.4, 0.5) is 10.1 Å². The SMILES string of the molecule is Cc1onc(-c2ccc(F)cc2)c1C(=O)Nc1ccc(CC(N)=O)cc1. The normalized spacial score (nSPS) is 10.5. The highest BCUT2D eigenvalue weighted by Gasteiger charge is 2.21. The number of anilines is 1. The van der Waals surface area contributed by atoms with Crippen molar-refractivity contribution in [2.45, 2.75) is 13.3 Å². The maximum Gasteiger partial charge on any atom is 0.261 e. The third kappa shape index (κ3) is 3.77. The van der Waals surface area contributed by atoms with Crippen molar-refractivity contribution in [3.8, 4) is 11.3 Å². The van der Waals surface area contributed by atoms with Gasteiger partial charge in [-0.3, -0.25) is 9.59 Å². The first-order chi connectivity index (χ1) is 12.4. The van der Waals surface area contributed by atoms with Crippen molar-refractivity contribution in [2.75, 3.05) is 5.32 Å². The lowest BCUT2D eigenvalue weighted by Crippen LogP contribution is -2.15. The quantitative estimate of drug-likeness (QED) is 0.736. The molecule has 0 radical (unpaired) electrons. The molecule has 0 atom stereocenters. The molecule has 2 aromatic carbocycles. The van der Waals surface area contributed by atoms with Gasteiger partial charge < -0.3 is 15.6 Å². The van der Waals surface area contributed by atoms with Crippen molar-refractivity contribution in [3.63, 3.8) is 0 Å². The Morgan fingerprint density at radius 3 is 2.38 bits per heavy atom. The summed E-state index contributed by atoms with van der Waals surface area (Å²) >= 11 is 0. The highest BCUT2D eigenvalue weighted by atomic mass is 19.1. The van der Waals surface area contributed by atoms with Crippen molar-refractivity contribution < 1.29 is 18.5 Å². The van der Waals surface area contributed by atoms with Gasteiger partial charge in [-0.2, -0.15) is 0 Å². The van der Waals surface area contributed by atoms with Gasteiger partial charge in [-0.05, 0) is 48.9 Å². The van der Waals surface area contributed by atoms with Crippen LogP contribution in [0, 0.1) is 12.7 Å². The Morgan fingerprint density at radius 1 is 1.12 bits per heavy atom. The first kappa shape index (κ1) is 17.3. The van der Waals surface area contributed by atoms with Crippen LogP contribution in [-0.4, -0.2) is 17.0 Å². The fourth-order valence-corrected chi connectivity index (χ4v) is 2.55. The van der Waals surface area contributed by atoms with E-state index in [0.29, 0.717) is 22.7 Å². The molecule has 1 aromatic heterocycles. The van der Waals surface area contributed by atoms with Gasteiger partial charge in [0.15, 0.2) is 0 Å². The van der Waals surface area contributed by atoms with E-state index in [1.165, 1.54) is 24.3 Å². The van der Waals surface area contributed by atoms with Crippen LogP contribution in [-0.2, 0) is 11.2 Å². The van der Waals surface area contributed by atoms with E-state index in [0.717, 1.165) is 5.56 Å². The molecule has 0 saturated carbocycles. The number of nitrogens with one attached hydrogen (secondary N) is 1. The first-order valence-electron chi connectivity index (χ1n) is 7.85. The smallest absolute Gasteiger partial charge is 0.261 e. The van der Waals surface area contributed by atoms with Gasteiger partial charge in [-0.25, -0.2) is 4.39 Å². The Balaban J connectivity index is 1.83. The fourth-order valence-electron chi connectivity index (χ4n) is 2.55. The number of nitrogens with two attached hydrogens (primary N) is 1. The zero-order valence-corrected chi connectivity index (χ0v) is 14.0. The minimum atomic E-state index is -0.425. The minimum Gasteiger partial charge on any atom is -0.369 e. The van der Waals surface area contributed by atoms with E-state index in [1.54, 1.807) is 31.2 Å². The monoisotopic (exact) mass is 353 g/mol. The van der Waals surface area contributed by atoms with E-state index < -0.39 is 11.8 Å². The topological polar surface area (TPSA) is 98.2 Å². The molecular weight excluding hydrogens is 337 g/mol. The molecular formula is C19H16FN3O3. The summed E-state index contributed by atoms with van der Waals surface area (Å²) in [6.07, 6.45) is 0.133. The molecule has 0 fully saturated rings. The average molecular weight is 353 g/mol. The summed E-state index contributed by atoms with van der Waals surface area (Å²) in [5, 5.41) is 6.67. The molecule has 0 spiro atoms. The van der Waals surface area contributed by atoms with Crippen LogP contribution < -0.4 is 11.1 Å². The Labute approximate surface area is 148 Å². The minimum absolute atomic E-state index is 0.133. The van der Waals surface area contributed by atoms with Gasteiger partial charge in [0, 0.05) is 11.3 Å². The van der Waals surface area contributed by atoms with Gasteiger partial charge in [-0.1, -0.05) is 17.3 Å². The number of benzene rings is 2. The van der Waals surface area contributed by atoms with Gasteiger partial charge in [0.05, 0.1) is 6.42 Å². The largest absolute Gasteiger partial charge is 0.369 e. The van der Waals surface area contributed by atoms with Crippen molar-refractivity contribution in [1.29, 1.82) is 0 Å². The second-order valence-electron chi connectivity index (χ2n) is 5.76. The molecule has 3 aromatic rings. The lowest BCUT2D eigenvalue weighted by Gasteiger charge is -2.07. The number of rotatable bonds is 5. The molecule has 132 valence electrons. The molecule has 0 bridgehead atoms. The Morgan fingerprint density at radius 2 is 1.77 bits per heavy atom. The molecule has 0 aliphatic carbocycles. The van der Waals surface area contributed by atoms with E-state index in [2.05, 4.69) is 10.5 Å². The number of hydrogen-bond acceptors (Lipinski definition) is 4. The van der Waals surface area contributed by atoms with Gasteiger partial charge in [0.2, 0.25) is 5.91 Å². The van der Waals surface area contributed by atoms with Crippen LogP contribution in [0.3, 0.4) is 0 Å². The predicted octanol–water partition coefficient (Wildman–Crippen LogP) is 3.07. The zero-order chi connectivity index (χ0) is 18.7. The molecule has 2 amide bonds. The number of carbonyl (C=O) groups excluding carboxylic acids is 2. The average Bonchev–Trinajstić information content (AvgIpc) is 2.98. The molecule has 3 rings (SSSR count). The molecule has 1 heterocycles. The van der Waals surface area contributed by atoms with Crippen molar-refractivity contribution in [3.05, 3.63) is 71.2 Å². The number of aromatic nitrogens is 1. The number of amides is 2. The van der Waals surface area contributed by atoms with Crippen molar-refractivity contribution in [1.82, 2.24) is 5.16 Å². The lowest BCUT2D eigenvalue weighted by atomic mass is 10.1. The third-order valence-electron chi connectivity index (χ3n) is 3.80. The van der Waals surface area contributed by atoms with Crippen LogP contribution in [0.15, 0.2) is 53.1 Å². The lowest BCUT2D eigenvalue weighted by molar-refractivity contribution is -0.117. The number of aryl methyl sites for hydroxylation is 1. The van der Waals surface area contributed by atoms with Crippen LogP contribution in [0.1, 0.15) is 21.7 Å². The Kier molecular flexibility index (Phi) is 4.79. The summed E-state index contributed by atoms with van der Waals surface area (Å²) in [5.41, 5.74) is 7.65. The standard InChI is InChI=1S/C19H16FN3O3/c1-11-17(18(23-26-11)13-4-6-14(20)7-5-13)19(25)22-15-8-2-12(3-9-15)10-16(21)24/h2-9H,10H2,1H3,(H2,21,24)(H,22,25). The van der Waals surface area contributed by atoms with E-state index in [1.807, 2.05) is 0 Å². The number of primary amides is 1. The fraction of sp³-hybridized carbons (Fsp3) is 0.105. The summed E-state index contributed by atoms with van der Waals surface area (Å²) in [5.74, 6) is -0.847. The molecule has 26 heavy (non-hydrogen) atoms. The van der Waals surface area contributed by atoms with Crippen LogP contribution in [0.2, 0.25) is 0 Å². The first-order valence-corrected chi connectivity index (χ1v) is 7.85. The second-order valence-corrected chi connectivity index (χ2v) is 5.76. The highest BCUT2D eigenvalue weighted by molar-refractivity contribution is 6.08. The number of nitrogens with zero attached hydrogens (tertiary/aromatic N) is 1. The third-order valence-corrected chi connectivity index (χ3v) is 3.80. The van der Waals surface area contributed by atoms with Gasteiger partial charge in [0.25, 0.3) is 5.91 Å². The number of halogens is 1. The summed E-state index contributed by atoms with van der Waals surface area (Å²) in [4.78, 5) is 23.6. The molecule has 0 saturated heterocycles. The second kappa shape index (κ2) is 7.18. The highest BCUT2D eigenvalue weighted by Crippen LogP contribution is 2.26. The van der Waals surface area contributed by atoms with Crippen LogP contribution in [0.25, 0.3) is 11.3 Å². The summed E-state index contributed by atoms with van der Waals surface area (Å²) in [6.45, 7) is 1.63. The van der Waals surface area contributed by atoms with Crippen molar-refractivity contribution >= 4 is 17.5 Å². The van der Waals surface area contributed by atoms with Crippen molar-refractivity contribution in [2.24, 2.45) is 5.73 Å². The van der Waals surface area contributed by atoms with Crippen LogP contribution >= 0.6 is 0 Å². The maximum absolute atomic E-state index is 13.1. The molecule has 0 unspecified atom stereocenters.